The van der Waals surface area contributed by atoms with E-state index in [1.807, 2.05) is 0 Å². The van der Waals surface area contributed by atoms with Crippen molar-refractivity contribution < 1.29 is 9.13 Å². The Morgan fingerprint density at radius 1 is 1.28 bits per heavy atom. The van der Waals surface area contributed by atoms with E-state index in [1.165, 1.54) is 19.2 Å². The molecule has 0 aliphatic heterocycles. The summed E-state index contributed by atoms with van der Waals surface area (Å²) in [5, 5.41) is 3.34. The van der Waals surface area contributed by atoms with Crippen LogP contribution in [0.15, 0.2) is 24.3 Å². The number of aryl methyl sites for hydroxylation is 1. The first-order chi connectivity index (χ1) is 8.58. The van der Waals surface area contributed by atoms with E-state index in [0.29, 0.717) is 28.2 Å². The highest BCUT2D eigenvalue weighted by Crippen LogP contribution is 2.28. The molecule has 0 aliphatic carbocycles. The number of nitrogens with one attached hydrogen (secondary N) is 1. The minimum atomic E-state index is -0.366. The van der Waals surface area contributed by atoms with E-state index < -0.39 is 0 Å². The molecule has 0 fully saturated rings. The van der Waals surface area contributed by atoms with Gasteiger partial charge in [0, 0.05) is 12.1 Å². The van der Waals surface area contributed by atoms with Crippen molar-refractivity contribution in [2.24, 2.45) is 0 Å². The highest BCUT2D eigenvalue weighted by Gasteiger charge is 2.06. The Morgan fingerprint density at radius 2 is 2.06 bits per heavy atom. The monoisotopic (exact) mass is 267 g/mol. The molecule has 0 spiro atoms. The van der Waals surface area contributed by atoms with Crippen LogP contribution < -0.4 is 10.1 Å². The normalized spacial score (nSPS) is 10.2. The highest BCUT2D eigenvalue weighted by atomic mass is 35.5. The Morgan fingerprint density at radius 3 is 2.72 bits per heavy atom. The Labute approximate surface area is 109 Å². The number of rotatable bonds is 3. The number of ether oxygens (including phenoxy) is 1. The molecule has 0 atom stereocenters. The summed E-state index contributed by atoms with van der Waals surface area (Å²) in [5.41, 5.74) is 0.605. The second kappa shape index (κ2) is 5.18. The summed E-state index contributed by atoms with van der Waals surface area (Å²) in [5.74, 6) is 1.10. The first-order valence-electron chi connectivity index (χ1n) is 5.20. The minimum absolute atomic E-state index is 0.339. The molecule has 0 saturated carbocycles. The van der Waals surface area contributed by atoms with Crippen molar-refractivity contribution in [3.05, 3.63) is 41.1 Å². The third-order valence-electron chi connectivity index (χ3n) is 2.23. The number of hydrogen-bond donors (Lipinski definition) is 1. The molecule has 2 aromatic rings. The van der Waals surface area contributed by atoms with E-state index in [9.17, 15) is 4.39 Å². The van der Waals surface area contributed by atoms with E-state index in [4.69, 9.17) is 16.3 Å². The van der Waals surface area contributed by atoms with E-state index >= 15 is 0 Å². The maximum absolute atomic E-state index is 13.0. The van der Waals surface area contributed by atoms with Crippen LogP contribution in [0.3, 0.4) is 0 Å². The number of anilines is 2. The predicted molar refractivity (Wildman–Crippen MR) is 68.0 cm³/mol. The van der Waals surface area contributed by atoms with Gasteiger partial charge >= 0.3 is 0 Å². The molecule has 6 heteroatoms. The van der Waals surface area contributed by atoms with Gasteiger partial charge < -0.3 is 10.1 Å². The maximum Gasteiger partial charge on any atom is 0.145 e. The molecule has 0 unspecified atom stereocenters. The average Bonchev–Trinajstić information content (AvgIpc) is 2.30. The van der Waals surface area contributed by atoms with Gasteiger partial charge in [0.05, 0.1) is 12.8 Å². The van der Waals surface area contributed by atoms with Gasteiger partial charge in [0.1, 0.15) is 28.4 Å². The van der Waals surface area contributed by atoms with Crippen LogP contribution in [0.2, 0.25) is 5.15 Å². The molecule has 1 aromatic heterocycles. The second-order valence-electron chi connectivity index (χ2n) is 3.59. The molecular formula is C12H11ClFN3O. The van der Waals surface area contributed by atoms with Crippen LogP contribution in [0.5, 0.6) is 5.75 Å². The fourth-order valence-corrected chi connectivity index (χ4v) is 1.73. The van der Waals surface area contributed by atoms with Crippen LogP contribution in [0.4, 0.5) is 15.9 Å². The van der Waals surface area contributed by atoms with Crippen LogP contribution in [0.1, 0.15) is 5.82 Å². The lowest BCUT2D eigenvalue weighted by molar-refractivity contribution is 0.413. The van der Waals surface area contributed by atoms with Crippen LogP contribution in [-0.2, 0) is 0 Å². The molecule has 0 aliphatic rings. The zero-order valence-electron chi connectivity index (χ0n) is 9.87. The van der Waals surface area contributed by atoms with Crippen LogP contribution in [-0.4, -0.2) is 17.1 Å². The third kappa shape index (κ3) is 2.87. The first-order valence-corrected chi connectivity index (χ1v) is 5.58. The molecule has 18 heavy (non-hydrogen) atoms. The van der Waals surface area contributed by atoms with Gasteiger partial charge in [0.25, 0.3) is 0 Å². The molecular weight excluding hydrogens is 257 g/mol. The fourth-order valence-electron chi connectivity index (χ4n) is 1.50. The molecule has 0 saturated heterocycles. The standard InChI is InChI=1S/C12H11ClFN3O/c1-7-15-11(13)6-12(16-7)17-9-4-3-8(14)5-10(9)18-2/h3-6H,1-2H3,(H,15,16,17). The minimum Gasteiger partial charge on any atom is -0.494 e. The molecule has 0 bridgehead atoms. The first kappa shape index (κ1) is 12.6. The van der Waals surface area contributed by atoms with Crippen molar-refractivity contribution in [3.8, 4) is 5.75 Å². The molecule has 1 heterocycles. The van der Waals surface area contributed by atoms with Crippen molar-refractivity contribution >= 4 is 23.1 Å². The number of nitrogens with zero attached hydrogens (tertiary/aromatic N) is 2. The lowest BCUT2D eigenvalue weighted by atomic mass is 10.3. The fraction of sp³-hybridized carbons (Fsp3) is 0.167. The summed E-state index contributed by atoms with van der Waals surface area (Å²) in [4.78, 5) is 8.13. The molecule has 1 aromatic carbocycles. The van der Waals surface area contributed by atoms with Crippen molar-refractivity contribution in [3.63, 3.8) is 0 Å². The lowest BCUT2D eigenvalue weighted by Gasteiger charge is -2.11. The number of benzene rings is 1. The second-order valence-corrected chi connectivity index (χ2v) is 3.98. The van der Waals surface area contributed by atoms with Crippen molar-refractivity contribution in [1.29, 1.82) is 0 Å². The Bertz CT molecular complexity index is 557. The van der Waals surface area contributed by atoms with Gasteiger partial charge in [-0.1, -0.05) is 11.6 Å². The van der Waals surface area contributed by atoms with Gasteiger partial charge in [0.2, 0.25) is 0 Å². The molecule has 0 radical (unpaired) electrons. The van der Waals surface area contributed by atoms with Gasteiger partial charge in [-0.3, -0.25) is 0 Å². The van der Waals surface area contributed by atoms with Crippen LogP contribution in [0.25, 0.3) is 0 Å². The summed E-state index contributed by atoms with van der Waals surface area (Å²) in [6, 6.07) is 5.77. The molecule has 4 nitrogen and oxygen atoms in total. The van der Waals surface area contributed by atoms with Crippen molar-refractivity contribution in [1.82, 2.24) is 9.97 Å². The molecule has 1 N–H and O–H groups in total. The predicted octanol–water partition coefficient (Wildman–Crippen LogP) is 3.33. The largest absolute Gasteiger partial charge is 0.494 e. The van der Waals surface area contributed by atoms with Crippen LogP contribution in [0, 0.1) is 12.7 Å². The van der Waals surface area contributed by atoms with Crippen molar-refractivity contribution in [2.45, 2.75) is 6.92 Å². The maximum atomic E-state index is 13.0. The number of hydrogen-bond acceptors (Lipinski definition) is 4. The number of methoxy groups -OCH3 is 1. The third-order valence-corrected chi connectivity index (χ3v) is 2.43. The van der Waals surface area contributed by atoms with Gasteiger partial charge in [0.15, 0.2) is 0 Å². The zero-order valence-corrected chi connectivity index (χ0v) is 10.6. The topological polar surface area (TPSA) is 47.0 Å². The zero-order chi connectivity index (χ0) is 13.1. The summed E-state index contributed by atoms with van der Waals surface area (Å²) in [7, 11) is 1.47. The van der Waals surface area contributed by atoms with E-state index in [-0.39, 0.29) is 5.82 Å². The Balaban J connectivity index is 2.33. The van der Waals surface area contributed by atoms with Gasteiger partial charge in [-0.15, -0.1) is 0 Å². The summed E-state index contributed by atoms with van der Waals surface area (Å²) in [6.45, 7) is 1.74. The van der Waals surface area contributed by atoms with E-state index in [1.54, 1.807) is 19.1 Å². The van der Waals surface area contributed by atoms with Crippen LogP contribution >= 0.6 is 11.6 Å². The Kier molecular flexibility index (Phi) is 3.62. The number of aromatic nitrogens is 2. The summed E-state index contributed by atoms with van der Waals surface area (Å²) >= 11 is 5.83. The average molecular weight is 268 g/mol. The van der Waals surface area contributed by atoms with Gasteiger partial charge in [-0.25, -0.2) is 14.4 Å². The smallest absolute Gasteiger partial charge is 0.145 e. The highest BCUT2D eigenvalue weighted by molar-refractivity contribution is 6.29. The van der Waals surface area contributed by atoms with Gasteiger partial charge in [-0.05, 0) is 19.1 Å². The summed E-state index contributed by atoms with van der Waals surface area (Å²) < 4.78 is 18.1. The molecule has 0 amide bonds. The van der Waals surface area contributed by atoms with E-state index in [0.717, 1.165) is 0 Å². The SMILES string of the molecule is COc1cc(F)ccc1Nc1cc(Cl)nc(C)n1. The van der Waals surface area contributed by atoms with Crippen molar-refractivity contribution in [2.75, 3.05) is 12.4 Å². The Hall–Kier alpha value is -1.88. The quantitative estimate of drug-likeness (QED) is 0.867. The molecule has 2 rings (SSSR count). The lowest BCUT2D eigenvalue weighted by Crippen LogP contribution is -1.99. The summed E-state index contributed by atoms with van der Waals surface area (Å²) in [6.07, 6.45) is 0. The molecule has 94 valence electrons. The van der Waals surface area contributed by atoms with Gasteiger partial charge in [-0.2, -0.15) is 0 Å². The number of halogens is 2. The van der Waals surface area contributed by atoms with E-state index in [2.05, 4.69) is 15.3 Å².